The first-order valence-electron chi connectivity index (χ1n) is 11.9. The van der Waals surface area contributed by atoms with Crippen molar-refractivity contribution in [2.45, 2.75) is 51.2 Å². The highest BCUT2D eigenvalue weighted by atomic mass is 16.7. The SMILES string of the molecule is CCNC1C[N+]2(OCc3ccccc3)C3=C4C(CCCC41)CC(=O)C3c1ccccc12. The standard InChI is InChI=1S/C27H31N2O2/c1-2-28-22-16-29(31-17-18-9-4-3-5-10-18)23-14-7-6-12-21(23)26-24(30)15-19-11-8-13-20(22)25(19)27(26)29/h3-7,9-10,12,14,19-20,22,26,28H,2,8,11,13,15-17H2,1H3/q+1. The van der Waals surface area contributed by atoms with Crippen LogP contribution in [0.1, 0.15) is 49.7 Å². The molecular weight excluding hydrogens is 384 g/mol. The summed E-state index contributed by atoms with van der Waals surface area (Å²) in [5.41, 5.74) is 6.34. The van der Waals surface area contributed by atoms with E-state index in [0.29, 0.717) is 41.3 Å². The summed E-state index contributed by atoms with van der Waals surface area (Å²) in [5, 5.41) is 3.81. The number of carbonyl (C=O) groups excluding carboxylic acids is 1. The van der Waals surface area contributed by atoms with Gasteiger partial charge in [0.05, 0.1) is 6.04 Å². The fourth-order valence-corrected chi connectivity index (χ4v) is 6.86. The quantitative estimate of drug-likeness (QED) is 0.709. The number of nitrogens with one attached hydrogen (secondary N) is 1. The second-order valence-electron chi connectivity index (χ2n) is 9.58. The van der Waals surface area contributed by atoms with Crippen molar-refractivity contribution in [1.29, 1.82) is 0 Å². The van der Waals surface area contributed by atoms with Crippen molar-refractivity contribution in [3.63, 3.8) is 0 Å². The number of rotatable bonds is 5. The van der Waals surface area contributed by atoms with Crippen LogP contribution < -0.4 is 9.96 Å². The zero-order valence-electron chi connectivity index (χ0n) is 18.2. The maximum atomic E-state index is 13.5. The Morgan fingerprint density at radius 2 is 1.87 bits per heavy atom. The Morgan fingerprint density at radius 1 is 1.06 bits per heavy atom. The highest BCUT2D eigenvalue weighted by Gasteiger charge is 2.63. The number of ketones is 1. The van der Waals surface area contributed by atoms with Crippen LogP contribution in [-0.2, 0) is 16.2 Å². The molecule has 31 heavy (non-hydrogen) atoms. The van der Waals surface area contributed by atoms with E-state index in [1.54, 1.807) is 5.57 Å². The molecule has 0 amide bonds. The fourth-order valence-electron chi connectivity index (χ4n) is 6.86. The number of benzene rings is 2. The van der Waals surface area contributed by atoms with Gasteiger partial charge in [-0.25, -0.2) is 0 Å². The predicted molar refractivity (Wildman–Crippen MR) is 122 cm³/mol. The second-order valence-corrected chi connectivity index (χ2v) is 9.58. The van der Waals surface area contributed by atoms with Gasteiger partial charge >= 0.3 is 0 Å². The summed E-state index contributed by atoms with van der Waals surface area (Å²) in [5.74, 6) is 1.19. The molecule has 1 fully saturated rings. The van der Waals surface area contributed by atoms with Crippen molar-refractivity contribution < 1.29 is 9.63 Å². The van der Waals surface area contributed by atoms with Crippen molar-refractivity contribution in [3.05, 3.63) is 77.0 Å². The summed E-state index contributed by atoms with van der Waals surface area (Å²) in [7, 11) is 0. The normalized spacial score (nSPS) is 33.3. The third-order valence-electron chi connectivity index (χ3n) is 7.97. The Bertz CT molecular complexity index is 1050. The topological polar surface area (TPSA) is 38.3 Å². The largest absolute Gasteiger partial charge is 0.309 e. The molecule has 0 aromatic heterocycles. The van der Waals surface area contributed by atoms with Crippen LogP contribution in [0.5, 0.6) is 0 Å². The van der Waals surface area contributed by atoms with Crippen molar-refractivity contribution in [1.82, 2.24) is 9.96 Å². The average molecular weight is 416 g/mol. The minimum atomic E-state index is -0.124. The van der Waals surface area contributed by atoms with E-state index >= 15 is 0 Å². The number of hydrogen-bond acceptors (Lipinski definition) is 3. The third-order valence-corrected chi connectivity index (χ3v) is 7.97. The van der Waals surface area contributed by atoms with E-state index < -0.39 is 0 Å². The molecule has 4 aliphatic rings. The van der Waals surface area contributed by atoms with Gasteiger partial charge in [-0.15, -0.1) is 4.65 Å². The highest BCUT2D eigenvalue weighted by Crippen LogP contribution is 2.60. The molecule has 6 rings (SSSR count). The van der Waals surface area contributed by atoms with Crippen LogP contribution in [0, 0.1) is 11.8 Å². The summed E-state index contributed by atoms with van der Waals surface area (Å²) in [4.78, 5) is 20.4. The Kier molecular flexibility index (Phi) is 4.64. The fraction of sp³-hybridized carbons (Fsp3) is 0.444. The summed E-state index contributed by atoms with van der Waals surface area (Å²) in [6.45, 7) is 4.56. The van der Waals surface area contributed by atoms with Crippen LogP contribution in [0.2, 0.25) is 0 Å². The van der Waals surface area contributed by atoms with E-state index in [2.05, 4.69) is 60.8 Å². The molecule has 0 spiro atoms. The lowest BCUT2D eigenvalue weighted by molar-refractivity contribution is -0.150. The number of hydroxylamine groups is 2. The van der Waals surface area contributed by atoms with Crippen LogP contribution in [-0.4, -0.2) is 24.9 Å². The van der Waals surface area contributed by atoms with Gasteiger partial charge in [0, 0.05) is 24.0 Å². The van der Waals surface area contributed by atoms with E-state index in [4.69, 9.17) is 4.84 Å². The van der Waals surface area contributed by atoms with Crippen molar-refractivity contribution in [2.24, 2.45) is 11.8 Å². The van der Waals surface area contributed by atoms with E-state index in [9.17, 15) is 4.79 Å². The number of Topliss-reactive ketones (excluding diaryl/α,β-unsaturated/α-hetero) is 1. The number of carbonyl (C=O) groups is 1. The number of para-hydroxylation sites is 1. The summed E-state index contributed by atoms with van der Waals surface area (Å²) in [6.07, 6.45) is 4.29. The van der Waals surface area contributed by atoms with E-state index in [1.165, 1.54) is 35.4 Å². The number of quaternary nitrogens is 1. The van der Waals surface area contributed by atoms with Gasteiger partial charge in [-0.1, -0.05) is 61.9 Å². The first-order valence-corrected chi connectivity index (χ1v) is 11.9. The van der Waals surface area contributed by atoms with Gasteiger partial charge in [0.2, 0.25) is 0 Å². The maximum Gasteiger partial charge on any atom is 0.174 e. The van der Waals surface area contributed by atoms with Crippen LogP contribution in [0.3, 0.4) is 0 Å². The molecule has 4 nitrogen and oxygen atoms in total. The van der Waals surface area contributed by atoms with Gasteiger partial charge in [0.15, 0.2) is 17.2 Å². The molecule has 2 aliphatic carbocycles. The molecule has 0 radical (unpaired) electrons. The first kappa shape index (κ1) is 19.4. The van der Waals surface area contributed by atoms with Crippen molar-refractivity contribution in [2.75, 3.05) is 13.1 Å². The summed E-state index contributed by atoms with van der Waals surface area (Å²) >= 11 is 0. The maximum absolute atomic E-state index is 13.5. The van der Waals surface area contributed by atoms with Gasteiger partial charge < -0.3 is 5.32 Å². The lowest BCUT2D eigenvalue weighted by atomic mass is 9.64. The molecule has 5 atom stereocenters. The first-order chi connectivity index (χ1) is 15.2. The van der Waals surface area contributed by atoms with E-state index in [1.807, 2.05) is 6.07 Å². The number of allylic oxidation sites excluding steroid dienone is 1. The molecule has 4 heteroatoms. The molecular formula is C27H31N2O2+. The Labute approximate surface area is 184 Å². The van der Waals surface area contributed by atoms with Gasteiger partial charge in [0.1, 0.15) is 19.1 Å². The molecule has 0 saturated heterocycles. The van der Waals surface area contributed by atoms with Crippen LogP contribution in [0.25, 0.3) is 0 Å². The van der Waals surface area contributed by atoms with E-state index in [-0.39, 0.29) is 5.92 Å². The molecule has 0 bridgehead atoms. The highest BCUT2D eigenvalue weighted by molar-refractivity contribution is 5.95. The van der Waals surface area contributed by atoms with Gasteiger partial charge in [-0.05, 0) is 36.4 Å². The van der Waals surface area contributed by atoms with Crippen LogP contribution in [0.15, 0.2) is 65.9 Å². The van der Waals surface area contributed by atoms with E-state index in [0.717, 1.165) is 19.5 Å². The zero-order chi connectivity index (χ0) is 21.0. The minimum Gasteiger partial charge on any atom is -0.309 e. The lowest BCUT2D eigenvalue weighted by Gasteiger charge is -2.49. The molecule has 1 saturated carbocycles. The number of likely N-dealkylation sites (N-methyl/N-ethyl adjacent to an activating group) is 1. The summed E-state index contributed by atoms with van der Waals surface area (Å²) in [6, 6.07) is 19.3. The third kappa shape index (κ3) is 2.82. The second kappa shape index (κ2) is 7.40. The van der Waals surface area contributed by atoms with Crippen LogP contribution in [0.4, 0.5) is 5.69 Å². The Balaban J connectivity index is 1.55. The minimum absolute atomic E-state index is 0.124. The number of nitrogens with zero attached hydrogens (tertiary/aromatic N) is 1. The molecule has 2 aliphatic heterocycles. The van der Waals surface area contributed by atoms with Crippen LogP contribution >= 0.6 is 0 Å². The monoisotopic (exact) mass is 415 g/mol. The molecule has 2 heterocycles. The summed E-state index contributed by atoms with van der Waals surface area (Å²) < 4.78 is 0.404. The zero-order valence-corrected chi connectivity index (χ0v) is 18.2. The Hall–Kier alpha value is -2.27. The average Bonchev–Trinajstić information content (AvgIpc) is 3.10. The molecule has 160 valence electrons. The van der Waals surface area contributed by atoms with Crippen molar-refractivity contribution >= 4 is 11.5 Å². The molecule has 2 aromatic carbocycles. The lowest BCUT2D eigenvalue weighted by Crippen LogP contribution is -2.62. The van der Waals surface area contributed by atoms with Gasteiger partial charge in [-0.3, -0.25) is 4.79 Å². The number of fused-ring (bicyclic) bond motifs is 3. The van der Waals surface area contributed by atoms with Gasteiger partial charge in [-0.2, -0.15) is 4.84 Å². The number of hydrogen-bond donors (Lipinski definition) is 1. The van der Waals surface area contributed by atoms with Gasteiger partial charge in [0.25, 0.3) is 0 Å². The molecule has 2 aromatic rings. The molecule has 1 N–H and O–H groups in total. The smallest absolute Gasteiger partial charge is 0.174 e. The van der Waals surface area contributed by atoms with Crippen molar-refractivity contribution in [3.8, 4) is 0 Å². The molecule has 5 unspecified atom stereocenters. The predicted octanol–water partition coefficient (Wildman–Crippen LogP) is 4.86. The Morgan fingerprint density at radius 3 is 2.71 bits per heavy atom.